The summed E-state index contributed by atoms with van der Waals surface area (Å²) in [4.78, 5) is 11.5. The van der Waals surface area contributed by atoms with Crippen LogP contribution in [0.4, 0.5) is 18.9 Å². The Balaban J connectivity index is 2.05. The molecule has 146 valence electrons. The standard InChI is InChI=1S/C17H16ClF3N2O3S/c1-11-14(18)3-2-4-15(11)27(25,26)23-13-7-5-12(6-8-13)9-16(24)22-10-17(19,20)21/h2-8,23H,9-10H2,1H3,(H,22,24). The molecule has 0 aliphatic rings. The Morgan fingerprint density at radius 2 is 1.74 bits per heavy atom. The number of anilines is 1. The van der Waals surface area contributed by atoms with Crippen molar-refractivity contribution in [2.75, 3.05) is 11.3 Å². The van der Waals surface area contributed by atoms with E-state index in [2.05, 4.69) is 4.72 Å². The molecule has 0 unspecified atom stereocenters. The van der Waals surface area contributed by atoms with Gasteiger partial charge >= 0.3 is 6.18 Å². The van der Waals surface area contributed by atoms with E-state index >= 15 is 0 Å². The Bertz CT molecular complexity index is 929. The molecular weight excluding hydrogens is 405 g/mol. The first-order valence-corrected chi connectivity index (χ1v) is 9.54. The molecule has 1 amide bonds. The van der Waals surface area contributed by atoms with E-state index in [0.717, 1.165) is 0 Å². The van der Waals surface area contributed by atoms with Gasteiger partial charge < -0.3 is 5.32 Å². The summed E-state index contributed by atoms with van der Waals surface area (Å²) in [5, 5.41) is 2.09. The predicted molar refractivity (Wildman–Crippen MR) is 96.2 cm³/mol. The van der Waals surface area contributed by atoms with E-state index in [1.807, 2.05) is 0 Å². The highest BCUT2D eigenvalue weighted by molar-refractivity contribution is 7.92. The van der Waals surface area contributed by atoms with Gasteiger partial charge in [0.05, 0.1) is 11.3 Å². The number of rotatable bonds is 6. The summed E-state index contributed by atoms with van der Waals surface area (Å²) >= 11 is 5.95. The molecule has 0 heterocycles. The fourth-order valence-electron chi connectivity index (χ4n) is 2.23. The molecule has 0 saturated heterocycles. The number of hydrogen-bond donors (Lipinski definition) is 2. The van der Waals surface area contributed by atoms with E-state index in [4.69, 9.17) is 11.6 Å². The number of alkyl halides is 3. The molecule has 0 aliphatic carbocycles. The van der Waals surface area contributed by atoms with Crippen molar-refractivity contribution in [3.8, 4) is 0 Å². The molecule has 0 aliphatic heterocycles. The molecule has 0 spiro atoms. The third-order valence-corrected chi connectivity index (χ3v) is 5.50. The summed E-state index contributed by atoms with van der Waals surface area (Å²) in [6.45, 7) is 0.183. The van der Waals surface area contributed by atoms with Crippen molar-refractivity contribution in [1.29, 1.82) is 0 Å². The van der Waals surface area contributed by atoms with E-state index < -0.39 is 28.7 Å². The summed E-state index contributed by atoms with van der Waals surface area (Å²) in [6, 6.07) is 10.3. The Hall–Kier alpha value is -2.26. The highest BCUT2D eigenvalue weighted by Gasteiger charge is 2.27. The molecule has 0 fully saturated rings. The lowest BCUT2D eigenvalue weighted by Gasteiger charge is -2.12. The van der Waals surface area contributed by atoms with Gasteiger partial charge in [-0.25, -0.2) is 8.42 Å². The van der Waals surface area contributed by atoms with Crippen LogP contribution in [0.15, 0.2) is 47.4 Å². The van der Waals surface area contributed by atoms with Crippen LogP contribution in [0.3, 0.4) is 0 Å². The maximum atomic E-state index is 12.5. The van der Waals surface area contributed by atoms with E-state index in [1.54, 1.807) is 18.3 Å². The summed E-state index contributed by atoms with van der Waals surface area (Å²) in [5.41, 5.74) is 1.09. The van der Waals surface area contributed by atoms with Crippen molar-refractivity contribution in [1.82, 2.24) is 5.32 Å². The van der Waals surface area contributed by atoms with Crippen molar-refractivity contribution in [3.05, 3.63) is 58.6 Å². The minimum atomic E-state index is -4.48. The number of sulfonamides is 1. The van der Waals surface area contributed by atoms with Gasteiger partial charge in [0.15, 0.2) is 0 Å². The average Bonchev–Trinajstić information content (AvgIpc) is 2.56. The summed E-state index contributed by atoms with van der Waals surface area (Å²) in [7, 11) is -3.87. The van der Waals surface area contributed by atoms with E-state index in [0.29, 0.717) is 16.1 Å². The van der Waals surface area contributed by atoms with Crippen molar-refractivity contribution in [3.63, 3.8) is 0 Å². The topological polar surface area (TPSA) is 75.3 Å². The summed E-state index contributed by atoms with van der Waals surface area (Å²) in [6.07, 6.45) is -4.73. The van der Waals surface area contributed by atoms with Gasteiger partial charge in [0.1, 0.15) is 6.54 Å². The molecule has 10 heteroatoms. The molecule has 0 aromatic heterocycles. The number of halogens is 4. The van der Waals surface area contributed by atoms with Crippen molar-refractivity contribution in [2.45, 2.75) is 24.4 Å². The van der Waals surface area contributed by atoms with Gasteiger partial charge in [-0.05, 0) is 42.3 Å². The van der Waals surface area contributed by atoms with Crippen LogP contribution in [0.25, 0.3) is 0 Å². The van der Waals surface area contributed by atoms with Crippen molar-refractivity contribution in [2.24, 2.45) is 0 Å². The second-order valence-electron chi connectivity index (χ2n) is 5.73. The van der Waals surface area contributed by atoms with Crippen LogP contribution in [0.1, 0.15) is 11.1 Å². The van der Waals surface area contributed by atoms with Gasteiger partial charge in [0.2, 0.25) is 5.91 Å². The van der Waals surface area contributed by atoms with E-state index in [1.165, 1.54) is 36.4 Å². The van der Waals surface area contributed by atoms with Gasteiger partial charge in [-0.3, -0.25) is 9.52 Å². The second-order valence-corrected chi connectivity index (χ2v) is 7.79. The average molecular weight is 421 g/mol. The van der Waals surface area contributed by atoms with Gasteiger partial charge in [0.25, 0.3) is 10.0 Å². The molecule has 27 heavy (non-hydrogen) atoms. The first-order valence-electron chi connectivity index (χ1n) is 7.68. The monoisotopic (exact) mass is 420 g/mol. The molecule has 2 N–H and O–H groups in total. The lowest BCUT2D eigenvalue weighted by atomic mass is 10.1. The summed E-state index contributed by atoms with van der Waals surface area (Å²) in [5.74, 6) is -0.782. The molecule has 5 nitrogen and oxygen atoms in total. The van der Waals surface area contributed by atoms with Gasteiger partial charge in [-0.2, -0.15) is 13.2 Å². The number of carbonyl (C=O) groups excluding carboxylic acids is 1. The van der Waals surface area contributed by atoms with Gasteiger partial charge in [0, 0.05) is 10.7 Å². The predicted octanol–water partition coefficient (Wildman–Crippen LogP) is 3.67. The molecule has 0 atom stereocenters. The Morgan fingerprint density at radius 3 is 2.33 bits per heavy atom. The highest BCUT2D eigenvalue weighted by Crippen LogP contribution is 2.25. The van der Waals surface area contributed by atoms with Crippen molar-refractivity contribution < 1.29 is 26.4 Å². The minimum absolute atomic E-state index is 0.0330. The van der Waals surface area contributed by atoms with E-state index in [-0.39, 0.29) is 17.0 Å². The number of benzene rings is 2. The SMILES string of the molecule is Cc1c(Cl)cccc1S(=O)(=O)Nc1ccc(CC(=O)NCC(F)(F)F)cc1. The number of amides is 1. The Labute approximate surface area is 159 Å². The molecule has 0 radical (unpaired) electrons. The largest absolute Gasteiger partial charge is 0.405 e. The first kappa shape index (κ1) is 21.0. The zero-order valence-corrected chi connectivity index (χ0v) is 15.7. The maximum absolute atomic E-state index is 12.5. The normalized spacial score (nSPS) is 11.9. The minimum Gasteiger partial charge on any atom is -0.347 e. The number of nitrogens with one attached hydrogen (secondary N) is 2. The Kier molecular flexibility index (Phi) is 6.38. The zero-order valence-electron chi connectivity index (χ0n) is 14.1. The van der Waals surface area contributed by atoms with Crippen LogP contribution in [0.5, 0.6) is 0 Å². The number of hydrogen-bond acceptors (Lipinski definition) is 3. The van der Waals surface area contributed by atoms with Gasteiger partial charge in [-0.15, -0.1) is 0 Å². The number of carbonyl (C=O) groups is 1. The molecule has 2 aromatic carbocycles. The zero-order chi connectivity index (χ0) is 20.2. The fraction of sp³-hybridized carbons (Fsp3) is 0.235. The quantitative estimate of drug-likeness (QED) is 0.748. The lowest BCUT2D eigenvalue weighted by Crippen LogP contribution is -2.34. The van der Waals surface area contributed by atoms with Gasteiger partial charge in [-0.1, -0.05) is 29.8 Å². The molecule has 2 rings (SSSR count). The molecule has 2 aromatic rings. The fourth-order valence-corrected chi connectivity index (χ4v) is 3.78. The molecule has 0 saturated carbocycles. The van der Waals surface area contributed by atoms with Crippen LogP contribution in [-0.2, 0) is 21.2 Å². The first-order chi connectivity index (χ1) is 12.5. The lowest BCUT2D eigenvalue weighted by molar-refractivity contribution is -0.138. The highest BCUT2D eigenvalue weighted by atomic mass is 35.5. The second kappa shape index (κ2) is 8.18. The van der Waals surface area contributed by atoms with E-state index in [9.17, 15) is 26.4 Å². The molecule has 0 bridgehead atoms. The molecular formula is C17H16ClF3N2O3S. The summed E-state index contributed by atoms with van der Waals surface area (Å²) < 4.78 is 63.6. The third kappa shape index (κ3) is 6.14. The van der Waals surface area contributed by atoms with Crippen LogP contribution < -0.4 is 10.0 Å². The Morgan fingerprint density at radius 1 is 1.11 bits per heavy atom. The van der Waals surface area contributed by atoms with Crippen molar-refractivity contribution >= 4 is 33.2 Å². The van der Waals surface area contributed by atoms with Crippen LogP contribution in [-0.4, -0.2) is 27.0 Å². The third-order valence-electron chi connectivity index (χ3n) is 3.56. The smallest absolute Gasteiger partial charge is 0.347 e. The maximum Gasteiger partial charge on any atom is 0.405 e. The van der Waals surface area contributed by atoms with Crippen LogP contribution in [0.2, 0.25) is 5.02 Å². The van der Waals surface area contributed by atoms with Crippen LogP contribution in [0, 0.1) is 6.92 Å². The van der Waals surface area contributed by atoms with Crippen LogP contribution >= 0.6 is 11.6 Å².